The van der Waals surface area contributed by atoms with Crippen molar-refractivity contribution in [1.82, 2.24) is 15.7 Å². The van der Waals surface area contributed by atoms with E-state index in [4.69, 9.17) is 28.5 Å². The van der Waals surface area contributed by atoms with E-state index in [1.165, 1.54) is 18.4 Å². The number of esters is 2. The van der Waals surface area contributed by atoms with Gasteiger partial charge in [-0.3, -0.25) is 24.0 Å². The summed E-state index contributed by atoms with van der Waals surface area (Å²) >= 11 is 0. The molecule has 7 fully saturated rings. The molecule has 0 radical (unpaired) electrons. The summed E-state index contributed by atoms with van der Waals surface area (Å²) < 4.78 is 32.0. The number of aliphatic hydroxyl groups excluding tert-OH is 1. The van der Waals surface area contributed by atoms with Gasteiger partial charge >= 0.3 is 11.9 Å². The van der Waals surface area contributed by atoms with Crippen molar-refractivity contribution < 1.29 is 52.8 Å². The van der Waals surface area contributed by atoms with E-state index in [-0.39, 0.29) is 51.0 Å². The van der Waals surface area contributed by atoms with E-state index in [1.54, 1.807) is 25.8 Å². The average molecular weight is 960 g/mol. The third-order valence-electron chi connectivity index (χ3n) is 16.3. The first kappa shape index (κ1) is 48.7. The highest BCUT2D eigenvalue weighted by Crippen LogP contribution is 2.61. The van der Waals surface area contributed by atoms with Crippen molar-refractivity contribution in [3.8, 4) is 0 Å². The molecule has 3 aliphatic carbocycles. The Balaban J connectivity index is 0.900. The molecule has 3 saturated carbocycles. The molecule has 3 N–H and O–H groups in total. The summed E-state index contributed by atoms with van der Waals surface area (Å²) in [5.41, 5.74) is 3.16. The van der Waals surface area contributed by atoms with Gasteiger partial charge in [0.05, 0.1) is 30.9 Å². The number of epoxide rings is 1. The fourth-order valence-electron chi connectivity index (χ4n) is 12.7. The van der Waals surface area contributed by atoms with Crippen molar-refractivity contribution in [2.75, 3.05) is 13.2 Å². The molecule has 11 atom stereocenters. The van der Waals surface area contributed by atoms with E-state index in [0.29, 0.717) is 23.4 Å². The van der Waals surface area contributed by atoms with E-state index in [9.17, 15) is 19.5 Å². The summed E-state index contributed by atoms with van der Waals surface area (Å²) in [4.78, 5) is 62.0. The second-order valence-corrected chi connectivity index (χ2v) is 22.7. The molecule has 4 aliphatic heterocycles. The molecule has 10 rings (SSSR count). The first-order valence-electron chi connectivity index (χ1n) is 25.4. The number of aliphatic hydroxyl groups is 1. The number of benzene rings is 3. The molecule has 2 bridgehead atoms. The minimum atomic E-state index is -1.48. The van der Waals surface area contributed by atoms with Crippen molar-refractivity contribution in [1.29, 1.82) is 0 Å². The van der Waals surface area contributed by atoms with Crippen LogP contribution in [0, 0.1) is 22.7 Å². The third-order valence-corrected chi connectivity index (χ3v) is 16.3. The van der Waals surface area contributed by atoms with E-state index < -0.39 is 77.1 Å². The average Bonchev–Trinajstić information content (AvgIpc) is 3.60. The van der Waals surface area contributed by atoms with Crippen LogP contribution in [0.3, 0.4) is 0 Å². The quantitative estimate of drug-likeness (QED) is 0.111. The molecule has 7 aliphatic rings. The molecular formula is C56H69N3O11. The van der Waals surface area contributed by atoms with Crippen LogP contribution < -0.4 is 10.6 Å². The highest BCUT2D eigenvalue weighted by Gasteiger charge is 2.76. The Bertz CT molecular complexity index is 2430. The number of amides is 2. The number of hydroxylamine groups is 2. The summed E-state index contributed by atoms with van der Waals surface area (Å²) in [6.07, 6.45) is 4.94. The monoisotopic (exact) mass is 959 g/mol. The predicted octanol–water partition coefficient (Wildman–Crippen LogP) is 7.05. The number of ether oxygens (including phenoxy) is 5. The third kappa shape index (κ3) is 9.13. The van der Waals surface area contributed by atoms with E-state index >= 15 is 4.79 Å². The normalized spacial score (nSPS) is 33.4. The largest absolute Gasteiger partial charge is 0.460 e. The Hall–Kier alpha value is -4.96. The molecule has 4 heterocycles. The number of hydrogen-bond acceptors (Lipinski definition) is 12. The molecule has 0 aromatic heterocycles. The molecule has 3 aromatic rings. The van der Waals surface area contributed by atoms with Crippen molar-refractivity contribution >= 4 is 29.8 Å². The zero-order valence-electron chi connectivity index (χ0n) is 41.3. The number of carbonyl (C=O) groups excluding carboxylic acids is 4. The van der Waals surface area contributed by atoms with Crippen LogP contribution in [0.5, 0.6) is 0 Å². The van der Waals surface area contributed by atoms with Gasteiger partial charge in [0.15, 0.2) is 6.04 Å². The summed E-state index contributed by atoms with van der Waals surface area (Å²) in [6, 6.07) is 25.7. The van der Waals surface area contributed by atoms with Gasteiger partial charge in [0.25, 0.3) is 0 Å². The Labute approximate surface area is 411 Å². The summed E-state index contributed by atoms with van der Waals surface area (Å²) in [5.74, 6) is -2.13. The SMILES string of the molecule is CC(C)(C)OC(=O)CCC(CO)NC(=O)CCNC(=O)C12CC3OC(=O)C1N(Cc1ccc(C=C4CCC5OC5(C)CCC5C4CC5(C)C)cc1)OC2C1OC(c2ccccc2)(c2ccccc2)OC31. The molecule has 374 valence electrons. The number of allylic oxidation sites excluding steroid dienone is 1. The van der Waals surface area contributed by atoms with Gasteiger partial charge < -0.3 is 39.4 Å². The van der Waals surface area contributed by atoms with Crippen molar-refractivity contribution in [3.05, 3.63) is 113 Å². The molecule has 11 unspecified atom stereocenters. The lowest BCUT2D eigenvalue weighted by molar-refractivity contribution is -0.213. The minimum Gasteiger partial charge on any atom is -0.460 e. The number of carbonyl (C=O) groups is 4. The summed E-state index contributed by atoms with van der Waals surface area (Å²) in [5, 5.41) is 17.4. The van der Waals surface area contributed by atoms with Crippen molar-refractivity contribution in [2.45, 2.75) is 165 Å². The maximum atomic E-state index is 15.1. The molecule has 3 aromatic carbocycles. The number of nitrogens with zero attached hydrogens (tertiary/aromatic N) is 1. The topological polar surface area (TPSA) is 174 Å². The van der Waals surface area contributed by atoms with Gasteiger partial charge in [-0.2, -0.15) is 5.06 Å². The number of fused-ring (bicyclic) bond motifs is 6. The number of rotatable bonds is 14. The zero-order valence-corrected chi connectivity index (χ0v) is 41.3. The minimum absolute atomic E-state index is 0.0139. The summed E-state index contributed by atoms with van der Waals surface area (Å²) in [7, 11) is 0. The Morgan fingerprint density at radius 2 is 1.57 bits per heavy atom. The molecular weight excluding hydrogens is 891 g/mol. The zero-order chi connectivity index (χ0) is 49.2. The van der Waals surface area contributed by atoms with Gasteiger partial charge in [0, 0.05) is 36.9 Å². The first-order valence-corrected chi connectivity index (χ1v) is 25.4. The van der Waals surface area contributed by atoms with Crippen LogP contribution in [0.15, 0.2) is 90.5 Å². The van der Waals surface area contributed by atoms with E-state index in [1.807, 2.05) is 60.7 Å². The van der Waals surface area contributed by atoms with Gasteiger partial charge in [0.2, 0.25) is 17.6 Å². The lowest BCUT2D eigenvalue weighted by Crippen LogP contribution is -2.69. The lowest BCUT2D eigenvalue weighted by atomic mass is 9.52. The van der Waals surface area contributed by atoms with Crippen molar-refractivity contribution in [3.63, 3.8) is 0 Å². The Morgan fingerprint density at radius 3 is 2.23 bits per heavy atom. The molecule has 0 spiro atoms. The van der Waals surface area contributed by atoms with Gasteiger partial charge in [0.1, 0.15) is 35.4 Å². The van der Waals surface area contributed by atoms with Gasteiger partial charge in [-0.15, -0.1) is 0 Å². The maximum Gasteiger partial charge on any atom is 0.327 e. The second-order valence-electron chi connectivity index (χ2n) is 22.7. The predicted molar refractivity (Wildman–Crippen MR) is 258 cm³/mol. The van der Waals surface area contributed by atoms with Crippen molar-refractivity contribution in [2.24, 2.45) is 22.7 Å². The molecule has 4 saturated heterocycles. The van der Waals surface area contributed by atoms with E-state index in [0.717, 1.165) is 41.5 Å². The van der Waals surface area contributed by atoms with Gasteiger partial charge in [-0.1, -0.05) is 110 Å². The molecule has 2 amide bonds. The molecule has 70 heavy (non-hydrogen) atoms. The summed E-state index contributed by atoms with van der Waals surface area (Å²) in [6.45, 7) is 12.1. The highest BCUT2D eigenvalue weighted by atomic mass is 16.8. The van der Waals surface area contributed by atoms with Crippen LogP contribution in [0.4, 0.5) is 0 Å². The first-order chi connectivity index (χ1) is 33.4. The fourth-order valence-corrected chi connectivity index (χ4v) is 12.7. The van der Waals surface area contributed by atoms with E-state index in [2.05, 4.69) is 61.7 Å². The van der Waals surface area contributed by atoms with Crippen LogP contribution in [-0.2, 0) is 60.0 Å². The fraction of sp³-hybridized carbons (Fsp3) is 0.571. The standard InChI is InChI=1S/C56H69N3O11/c1-52(2,3)67-45(62)24-22-39(33-60)58-44(61)26-28-57-51(64)55-31-42-46-47(69-56(68-46,37-13-9-7-10-14-37)38-15-11-8-12-16-38)49(55)70-59(48(55)50(63)65-42)32-35-19-17-34(18-20-35)29-36-21-23-43-54(6,66-43)27-25-41-40(36)30-53(41,4)5/h7-20,29,39-43,46-49,60H,21-28,30-33H2,1-6H3,(H,57,64)(H,58,61). The van der Waals surface area contributed by atoms with Crippen LogP contribution in [0.2, 0.25) is 0 Å². The number of hydrogen-bond donors (Lipinski definition) is 3. The van der Waals surface area contributed by atoms with Gasteiger partial charge in [-0.05, 0) is 94.6 Å². The Morgan fingerprint density at radius 1 is 0.886 bits per heavy atom. The molecule has 14 nitrogen and oxygen atoms in total. The van der Waals surface area contributed by atoms with Crippen LogP contribution >= 0.6 is 0 Å². The van der Waals surface area contributed by atoms with Crippen LogP contribution in [0.25, 0.3) is 6.08 Å². The Kier molecular flexibility index (Phi) is 12.9. The molecule has 14 heteroatoms. The lowest BCUT2D eigenvalue weighted by Gasteiger charge is -2.53. The number of nitrogens with one attached hydrogen (secondary N) is 2. The van der Waals surface area contributed by atoms with Gasteiger partial charge in [-0.25, -0.2) is 0 Å². The smallest absolute Gasteiger partial charge is 0.327 e. The highest BCUT2D eigenvalue weighted by molar-refractivity contribution is 5.94. The maximum absolute atomic E-state index is 15.1. The second kappa shape index (κ2) is 18.6. The van der Waals surface area contributed by atoms with Crippen LogP contribution in [-0.4, -0.2) is 101 Å². The van der Waals surface area contributed by atoms with Crippen LogP contribution in [0.1, 0.15) is 122 Å².